The molecule has 0 aliphatic rings. The average molecular weight is 212 g/mol. The smallest absolute Gasteiger partial charge is 0.0393 e. The summed E-state index contributed by atoms with van der Waals surface area (Å²) in [4.78, 5) is 0. The number of hydrogen-bond acceptors (Lipinski definition) is 2. The fourth-order valence-corrected chi connectivity index (χ4v) is 1.82. The zero-order chi connectivity index (χ0) is 11.4. The number of hydrogen-bond donors (Lipinski definition) is 2. The van der Waals surface area contributed by atoms with E-state index in [1.807, 2.05) is 30.3 Å². The summed E-state index contributed by atoms with van der Waals surface area (Å²) in [5.41, 5.74) is 15.8. The van der Waals surface area contributed by atoms with Crippen LogP contribution in [0.15, 0.2) is 48.5 Å². The molecule has 4 N–H and O–H groups in total. The largest absolute Gasteiger partial charge is 0.398 e. The van der Waals surface area contributed by atoms with Gasteiger partial charge in [0.2, 0.25) is 0 Å². The quantitative estimate of drug-likeness (QED) is 0.768. The van der Waals surface area contributed by atoms with Crippen LogP contribution in [0.5, 0.6) is 0 Å². The summed E-state index contributed by atoms with van der Waals surface area (Å²) >= 11 is 0. The molecule has 82 valence electrons. The maximum atomic E-state index is 5.95. The van der Waals surface area contributed by atoms with Gasteiger partial charge in [0.05, 0.1) is 0 Å². The van der Waals surface area contributed by atoms with Gasteiger partial charge in [0.25, 0.3) is 0 Å². The predicted molar refractivity (Wildman–Crippen MR) is 69.0 cm³/mol. The van der Waals surface area contributed by atoms with Crippen LogP contribution in [-0.2, 0) is 6.42 Å². The van der Waals surface area contributed by atoms with Gasteiger partial charge < -0.3 is 11.5 Å². The first-order valence-corrected chi connectivity index (χ1v) is 5.45. The molecule has 16 heavy (non-hydrogen) atoms. The molecule has 0 unspecified atom stereocenters. The zero-order valence-corrected chi connectivity index (χ0v) is 9.19. The van der Waals surface area contributed by atoms with Crippen molar-refractivity contribution in [3.8, 4) is 11.1 Å². The molecule has 0 aliphatic heterocycles. The van der Waals surface area contributed by atoms with Gasteiger partial charge in [-0.1, -0.05) is 42.5 Å². The number of nitrogens with two attached hydrogens (primary N) is 2. The zero-order valence-electron chi connectivity index (χ0n) is 9.19. The third-order valence-electron chi connectivity index (χ3n) is 2.63. The molecule has 0 spiro atoms. The minimum absolute atomic E-state index is 0.674. The molecule has 0 aliphatic carbocycles. The van der Waals surface area contributed by atoms with Crippen molar-refractivity contribution in [1.29, 1.82) is 0 Å². The summed E-state index contributed by atoms with van der Waals surface area (Å²) in [6, 6.07) is 16.3. The second-order valence-electron chi connectivity index (χ2n) is 3.83. The van der Waals surface area contributed by atoms with Gasteiger partial charge in [0, 0.05) is 11.3 Å². The van der Waals surface area contributed by atoms with Crippen LogP contribution in [0.1, 0.15) is 5.56 Å². The van der Waals surface area contributed by atoms with Crippen molar-refractivity contribution in [2.24, 2.45) is 5.73 Å². The number of nitrogen functional groups attached to an aromatic ring is 1. The van der Waals surface area contributed by atoms with Crippen LogP contribution in [0.2, 0.25) is 0 Å². The molecule has 0 radical (unpaired) electrons. The van der Waals surface area contributed by atoms with Gasteiger partial charge in [-0.2, -0.15) is 0 Å². The highest BCUT2D eigenvalue weighted by Gasteiger charge is 2.01. The minimum Gasteiger partial charge on any atom is -0.398 e. The molecular weight excluding hydrogens is 196 g/mol. The Morgan fingerprint density at radius 1 is 0.938 bits per heavy atom. The third kappa shape index (κ3) is 2.23. The first-order valence-electron chi connectivity index (χ1n) is 5.45. The molecule has 2 rings (SSSR count). The highest BCUT2D eigenvalue weighted by Crippen LogP contribution is 2.25. The molecule has 2 nitrogen and oxygen atoms in total. The van der Waals surface area contributed by atoms with Crippen LogP contribution in [0, 0.1) is 0 Å². The Kier molecular flexibility index (Phi) is 3.22. The Morgan fingerprint density at radius 3 is 2.50 bits per heavy atom. The number of anilines is 1. The molecule has 0 saturated carbocycles. The molecule has 0 bridgehead atoms. The van der Waals surface area contributed by atoms with Crippen LogP contribution in [-0.4, -0.2) is 6.54 Å². The highest BCUT2D eigenvalue weighted by molar-refractivity contribution is 5.76. The lowest BCUT2D eigenvalue weighted by Crippen LogP contribution is -2.02. The minimum atomic E-state index is 0.674. The Morgan fingerprint density at radius 2 is 1.75 bits per heavy atom. The first-order chi connectivity index (χ1) is 7.81. The number of rotatable bonds is 3. The predicted octanol–water partition coefficient (Wildman–Crippen LogP) is 2.44. The van der Waals surface area contributed by atoms with Gasteiger partial charge in [-0.25, -0.2) is 0 Å². The lowest BCUT2D eigenvalue weighted by Gasteiger charge is -2.07. The summed E-state index contributed by atoms with van der Waals surface area (Å²) < 4.78 is 0. The first kappa shape index (κ1) is 10.7. The summed E-state index contributed by atoms with van der Waals surface area (Å²) in [7, 11) is 0. The van der Waals surface area contributed by atoms with E-state index in [0.29, 0.717) is 6.54 Å². The van der Waals surface area contributed by atoms with Crippen LogP contribution < -0.4 is 11.5 Å². The van der Waals surface area contributed by atoms with Gasteiger partial charge in [-0.3, -0.25) is 0 Å². The lowest BCUT2D eigenvalue weighted by molar-refractivity contribution is 0.969. The maximum absolute atomic E-state index is 5.95. The molecule has 0 fully saturated rings. The van der Waals surface area contributed by atoms with Gasteiger partial charge in [0.15, 0.2) is 0 Å². The molecule has 0 heterocycles. The summed E-state index contributed by atoms with van der Waals surface area (Å²) in [6.07, 6.45) is 0.903. The van der Waals surface area contributed by atoms with Crippen molar-refractivity contribution in [1.82, 2.24) is 0 Å². The van der Waals surface area contributed by atoms with Gasteiger partial charge >= 0.3 is 0 Å². The molecule has 0 aromatic heterocycles. The summed E-state index contributed by atoms with van der Waals surface area (Å²) in [5.74, 6) is 0. The van der Waals surface area contributed by atoms with Gasteiger partial charge in [0.1, 0.15) is 0 Å². The fraction of sp³-hybridized carbons (Fsp3) is 0.143. The van der Waals surface area contributed by atoms with E-state index in [-0.39, 0.29) is 0 Å². The summed E-state index contributed by atoms with van der Waals surface area (Å²) in [5, 5.41) is 0. The highest BCUT2D eigenvalue weighted by atomic mass is 14.6. The molecule has 2 aromatic carbocycles. The summed E-state index contributed by atoms with van der Waals surface area (Å²) in [6.45, 7) is 0.674. The van der Waals surface area contributed by atoms with Crippen molar-refractivity contribution in [3.05, 3.63) is 54.1 Å². The Hall–Kier alpha value is -1.80. The number of benzene rings is 2. The second kappa shape index (κ2) is 4.81. The Labute approximate surface area is 95.9 Å². The Balaban J connectivity index is 2.40. The van der Waals surface area contributed by atoms with Crippen LogP contribution in [0.4, 0.5) is 5.69 Å². The SMILES string of the molecule is NCCc1cccc(-c2ccccc2N)c1. The van der Waals surface area contributed by atoms with Crippen LogP contribution in [0.3, 0.4) is 0 Å². The van der Waals surface area contributed by atoms with Gasteiger partial charge in [-0.05, 0) is 30.2 Å². The average Bonchev–Trinajstić information content (AvgIpc) is 2.30. The van der Waals surface area contributed by atoms with Crippen molar-refractivity contribution in [2.75, 3.05) is 12.3 Å². The molecule has 2 heteroatoms. The number of para-hydroxylation sites is 1. The van der Waals surface area contributed by atoms with E-state index in [4.69, 9.17) is 11.5 Å². The molecular formula is C14H16N2. The fourth-order valence-electron chi connectivity index (χ4n) is 1.82. The molecule has 0 saturated heterocycles. The van der Waals surface area contributed by atoms with E-state index < -0.39 is 0 Å². The monoisotopic (exact) mass is 212 g/mol. The van der Waals surface area contributed by atoms with Crippen LogP contribution in [0.25, 0.3) is 11.1 Å². The van der Waals surface area contributed by atoms with E-state index in [1.54, 1.807) is 0 Å². The maximum Gasteiger partial charge on any atom is 0.0393 e. The molecule has 0 atom stereocenters. The standard InChI is InChI=1S/C14H16N2/c15-9-8-11-4-3-5-12(10-11)13-6-1-2-7-14(13)16/h1-7,10H,8-9,15-16H2. The topological polar surface area (TPSA) is 52.0 Å². The van der Waals surface area contributed by atoms with Crippen molar-refractivity contribution >= 4 is 5.69 Å². The van der Waals surface area contributed by atoms with E-state index in [1.165, 1.54) is 5.56 Å². The van der Waals surface area contributed by atoms with Crippen molar-refractivity contribution in [3.63, 3.8) is 0 Å². The second-order valence-corrected chi connectivity index (χ2v) is 3.83. The van der Waals surface area contributed by atoms with Gasteiger partial charge in [-0.15, -0.1) is 0 Å². The Bertz CT molecular complexity index is 478. The van der Waals surface area contributed by atoms with Crippen molar-refractivity contribution in [2.45, 2.75) is 6.42 Å². The third-order valence-corrected chi connectivity index (χ3v) is 2.63. The molecule has 0 amide bonds. The van der Waals surface area contributed by atoms with E-state index in [0.717, 1.165) is 23.2 Å². The lowest BCUT2D eigenvalue weighted by atomic mass is 10.0. The normalized spacial score (nSPS) is 10.3. The van der Waals surface area contributed by atoms with E-state index in [9.17, 15) is 0 Å². The van der Waals surface area contributed by atoms with Crippen LogP contribution >= 0.6 is 0 Å². The molecule has 2 aromatic rings. The van der Waals surface area contributed by atoms with Crippen molar-refractivity contribution < 1.29 is 0 Å². The van der Waals surface area contributed by atoms with E-state index in [2.05, 4.69) is 18.2 Å². The van der Waals surface area contributed by atoms with E-state index >= 15 is 0 Å².